The van der Waals surface area contributed by atoms with Crippen LogP contribution in [0.4, 0.5) is 0 Å². The number of aryl methyl sites for hydroxylation is 1. The van der Waals surface area contributed by atoms with Crippen LogP contribution in [0.1, 0.15) is 47.1 Å². The first-order chi connectivity index (χ1) is 16.1. The van der Waals surface area contributed by atoms with Crippen molar-refractivity contribution >= 4 is 11.9 Å². The van der Waals surface area contributed by atoms with Gasteiger partial charge in [-0.2, -0.15) is 5.10 Å². The molecule has 3 aromatic rings. The highest BCUT2D eigenvalue weighted by Crippen LogP contribution is 2.27. The molecule has 1 aromatic heterocycles. The van der Waals surface area contributed by atoms with Crippen LogP contribution in [-0.2, 0) is 22.5 Å². The third-order valence-electron chi connectivity index (χ3n) is 5.70. The van der Waals surface area contributed by atoms with E-state index in [9.17, 15) is 9.59 Å². The average Bonchev–Trinajstić information content (AvgIpc) is 3.22. The Morgan fingerprint density at radius 2 is 1.82 bits per heavy atom. The molecule has 0 bridgehead atoms. The molecular formula is C26H29N3O4. The SMILES string of the molecule is CCOC(=O)c1nn(-c2ccc(C)cc2)c2c1CN(C(=O)CCCOc1ccccc1)CC2. The topological polar surface area (TPSA) is 73.7 Å². The zero-order chi connectivity index (χ0) is 23.2. The molecule has 4 rings (SSSR count). The van der Waals surface area contributed by atoms with Crippen molar-refractivity contribution in [2.24, 2.45) is 0 Å². The van der Waals surface area contributed by atoms with Crippen molar-refractivity contribution in [3.63, 3.8) is 0 Å². The summed E-state index contributed by atoms with van der Waals surface area (Å²) in [7, 11) is 0. The van der Waals surface area contributed by atoms with E-state index in [4.69, 9.17) is 9.47 Å². The predicted octanol–water partition coefficient (Wildman–Crippen LogP) is 4.10. The highest BCUT2D eigenvalue weighted by atomic mass is 16.5. The second-order valence-electron chi connectivity index (χ2n) is 8.07. The maximum atomic E-state index is 12.9. The molecule has 7 heteroatoms. The molecule has 0 unspecified atom stereocenters. The van der Waals surface area contributed by atoms with E-state index in [2.05, 4.69) is 5.10 Å². The smallest absolute Gasteiger partial charge is 0.359 e. The largest absolute Gasteiger partial charge is 0.494 e. The lowest BCUT2D eigenvalue weighted by molar-refractivity contribution is -0.132. The zero-order valence-corrected chi connectivity index (χ0v) is 19.1. The summed E-state index contributed by atoms with van der Waals surface area (Å²) in [6.45, 7) is 5.50. The summed E-state index contributed by atoms with van der Waals surface area (Å²) >= 11 is 0. The monoisotopic (exact) mass is 447 g/mol. The quantitative estimate of drug-likeness (QED) is 0.384. The molecule has 1 aliphatic rings. The maximum absolute atomic E-state index is 12.9. The lowest BCUT2D eigenvalue weighted by Gasteiger charge is -2.28. The normalized spacial score (nSPS) is 12.8. The Balaban J connectivity index is 1.46. The molecule has 1 amide bonds. The van der Waals surface area contributed by atoms with Crippen LogP contribution >= 0.6 is 0 Å². The van der Waals surface area contributed by atoms with Crippen molar-refractivity contribution in [3.8, 4) is 11.4 Å². The molecule has 7 nitrogen and oxygen atoms in total. The van der Waals surface area contributed by atoms with E-state index in [-0.39, 0.29) is 18.2 Å². The summed E-state index contributed by atoms with van der Waals surface area (Å²) in [6.07, 6.45) is 1.65. The molecule has 0 aliphatic carbocycles. The summed E-state index contributed by atoms with van der Waals surface area (Å²) in [6, 6.07) is 17.6. The summed E-state index contributed by atoms with van der Waals surface area (Å²) in [5, 5.41) is 4.60. The average molecular weight is 448 g/mol. The van der Waals surface area contributed by atoms with E-state index in [1.807, 2.05) is 66.2 Å². The summed E-state index contributed by atoms with van der Waals surface area (Å²) < 4.78 is 12.8. The van der Waals surface area contributed by atoms with Crippen LogP contribution in [0.5, 0.6) is 5.75 Å². The van der Waals surface area contributed by atoms with Crippen molar-refractivity contribution in [1.82, 2.24) is 14.7 Å². The number of para-hydroxylation sites is 1. The van der Waals surface area contributed by atoms with Gasteiger partial charge in [0.25, 0.3) is 0 Å². The number of rotatable bonds is 8. The molecular weight excluding hydrogens is 418 g/mol. The lowest BCUT2D eigenvalue weighted by Crippen LogP contribution is -2.36. The van der Waals surface area contributed by atoms with Crippen LogP contribution in [0, 0.1) is 6.92 Å². The second kappa shape index (κ2) is 10.3. The van der Waals surface area contributed by atoms with E-state index in [0.717, 1.165) is 28.3 Å². The fourth-order valence-electron chi connectivity index (χ4n) is 3.98. The van der Waals surface area contributed by atoms with E-state index >= 15 is 0 Å². The Bertz CT molecular complexity index is 1110. The number of aromatic nitrogens is 2. The van der Waals surface area contributed by atoms with Gasteiger partial charge < -0.3 is 14.4 Å². The predicted molar refractivity (Wildman–Crippen MR) is 125 cm³/mol. The Hall–Kier alpha value is -3.61. The van der Waals surface area contributed by atoms with Crippen LogP contribution < -0.4 is 4.74 Å². The first-order valence-electron chi connectivity index (χ1n) is 11.4. The highest BCUT2D eigenvalue weighted by Gasteiger charge is 2.31. The molecule has 0 saturated heterocycles. The molecule has 0 N–H and O–H groups in total. The molecule has 0 fully saturated rings. The van der Waals surface area contributed by atoms with Crippen molar-refractivity contribution in [3.05, 3.63) is 77.1 Å². The number of hydrogen-bond acceptors (Lipinski definition) is 5. The summed E-state index contributed by atoms with van der Waals surface area (Å²) in [5.41, 5.74) is 4.06. The number of ether oxygens (including phenoxy) is 2. The molecule has 2 heterocycles. The van der Waals surface area contributed by atoms with Crippen molar-refractivity contribution in [2.45, 2.75) is 39.7 Å². The first kappa shape index (κ1) is 22.6. The molecule has 1 aliphatic heterocycles. The molecule has 0 spiro atoms. The van der Waals surface area contributed by atoms with Gasteiger partial charge >= 0.3 is 5.97 Å². The van der Waals surface area contributed by atoms with Gasteiger partial charge in [0.1, 0.15) is 5.75 Å². The fourth-order valence-corrected chi connectivity index (χ4v) is 3.98. The standard InChI is InChI=1S/C26H29N3O4/c1-3-32-26(31)25-22-18-28(24(30)10-7-17-33-21-8-5-4-6-9-21)16-15-23(22)29(27-25)20-13-11-19(2)12-14-20/h4-6,8-9,11-14H,3,7,10,15-18H2,1-2H3. The van der Waals surface area contributed by atoms with Gasteiger partial charge in [-0.3, -0.25) is 4.79 Å². The van der Waals surface area contributed by atoms with Crippen LogP contribution in [0.25, 0.3) is 5.69 Å². The van der Waals surface area contributed by atoms with Crippen LogP contribution in [-0.4, -0.2) is 46.3 Å². The minimum atomic E-state index is -0.454. The van der Waals surface area contributed by atoms with Crippen LogP contribution in [0.2, 0.25) is 0 Å². The molecule has 0 saturated carbocycles. The zero-order valence-electron chi connectivity index (χ0n) is 19.1. The van der Waals surface area contributed by atoms with E-state index in [0.29, 0.717) is 39.0 Å². The van der Waals surface area contributed by atoms with Crippen molar-refractivity contribution in [1.29, 1.82) is 0 Å². The van der Waals surface area contributed by atoms with Gasteiger partial charge in [-0.25, -0.2) is 9.48 Å². The Morgan fingerprint density at radius 3 is 2.55 bits per heavy atom. The van der Waals surface area contributed by atoms with E-state index < -0.39 is 5.97 Å². The number of esters is 1. The van der Waals surface area contributed by atoms with Gasteiger partial charge in [0, 0.05) is 31.5 Å². The van der Waals surface area contributed by atoms with Crippen LogP contribution in [0.15, 0.2) is 54.6 Å². The van der Waals surface area contributed by atoms with Gasteiger partial charge in [-0.05, 0) is 44.5 Å². The molecule has 33 heavy (non-hydrogen) atoms. The second-order valence-corrected chi connectivity index (χ2v) is 8.07. The van der Waals surface area contributed by atoms with Crippen LogP contribution in [0.3, 0.4) is 0 Å². The summed E-state index contributed by atoms with van der Waals surface area (Å²) in [4.78, 5) is 27.3. The molecule has 172 valence electrons. The van der Waals surface area contributed by atoms with Gasteiger partial charge in [0.15, 0.2) is 5.69 Å². The van der Waals surface area contributed by atoms with Gasteiger partial charge in [-0.15, -0.1) is 0 Å². The van der Waals surface area contributed by atoms with E-state index in [1.165, 1.54) is 0 Å². The first-order valence-corrected chi connectivity index (χ1v) is 11.4. The number of hydrogen-bond donors (Lipinski definition) is 0. The number of benzene rings is 2. The number of carbonyl (C=O) groups is 2. The van der Waals surface area contributed by atoms with Gasteiger partial charge in [-0.1, -0.05) is 35.9 Å². The van der Waals surface area contributed by atoms with E-state index in [1.54, 1.807) is 11.8 Å². The van der Waals surface area contributed by atoms with Gasteiger partial charge in [0.05, 0.1) is 24.6 Å². The fraction of sp³-hybridized carbons (Fsp3) is 0.346. The molecule has 2 aromatic carbocycles. The van der Waals surface area contributed by atoms with Crippen molar-refractivity contribution < 1.29 is 19.1 Å². The Labute approximate surface area is 193 Å². The Morgan fingerprint density at radius 1 is 1.06 bits per heavy atom. The van der Waals surface area contributed by atoms with Gasteiger partial charge in [0.2, 0.25) is 5.91 Å². The Kier molecular flexibility index (Phi) is 7.07. The third-order valence-corrected chi connectivity index (χ3v) is 5.70. The molecule has 0 radical (unpaired) electrons. The third kappa shape index (κ3) is 5.25. The number of fused-ring (bicyclic) bond motifs is 1. The maximum Gasteiger partial charge on any atom is 0.359 e. The number of nitrogens with zero attached hydrogens (tertiary/aromatic N) is 3. The minimum absolute atomic E-state index is 0.0511. The number of carbonyl (C=O) groups excluding carboxylic acids is 2. The lowest BCUT2D eigenvalue weighted by atomic mass is 10.0. The summed E-state index contributed by atoms with van der Waals surface area (Å²) in [5.74, 6) is 0.399. The molecule has 0 atom stereocenters. The highest BCUT2D eigenvalue weighted by molar-refractivity contribution is 5.90. The number of amides is 1. The van der Waals surface area contributed by atoms with Crippen molar-refractivity contribution in [2.75, 3.05) is 19.8 Å². The minimum Gasteiger partial charge on any atom is -0.494 e.